The molecular formula is C13H20N4O2S. The lowest BCUT2D eigenvalue weighted by Crippen LogP contribution is -2.47. The highest BCUT2D eigenvalue weighted by Gasteiger charge is 2.36. The summed E-state index contributed by atoms with van der Waals surface area (Å²) >= 11 is 0. The number of rotatable bonds is 4. The van der Waals surface area contributed by atoms with Gasteiger partial charge in [-0.25, -0.2) is 13.4 Å². The van der Waals surface area contributed by atoms with Gasteiger partial charge in [-0.15, -0.1) is 0 Å². The van der Waals surface area contributed by atoms with E-state index in [2.05, 4.69) is 20.8 Å². The fraction of sp³-hybridized carbons (Fsp3) is 0.692. The van der Waals surface area contributed by atoms with E-state index in [1.807, 2.05) is 6.92 Å². The van der Waals surface area contributed by atoms with E-state index in [0.717, 1.165) is 25.7 Å². The number of aromatic amines is 1. The fourth-order valence-corrected chi connectivity index (χ4v) is 3.86. The Hall–Kier alpha value is -1.39. The molecule has 2 N–H and O–H groups in total. The van der Waals surface area contributed by atoms with Crippen LogP contribution >= 0.6 is 0 Å². The summed E-state index contributed by atoms with van der Waals surface area (Å²) in [6.07, 6.45) is 6.93. The number of H-pyrrole nitrogens is 1. The Morgan fingerprint density at radius 1 is 1.40 bits per heavy atom. The van der Waals surface area contributed by atoms with E-state index in [-0.39, 0.29) is 5.03 Å². The topological polar surface area (TPSA) is 98.6 Å². The number of nitrogens with zero attached hydrogens (tertiary/aromatic N) is 2. The third-order valence-corrected chi connectivity index (χ3v) is 5.18. The molecule has 0 aromatic carbocycles. The molecule has 0 saturated heterocycles. The van der Waals surface area contributed by atoms with Crippen molar-refractivity contribution in [3.63, 3.8) is 0 Å². The summed E-state index contributed by atoms with van der Waals surface area (Å²) in [6.45, 7) is 1.89. The Morgan fingerprint density at radius 2 is 2.05 bits per heavy atom. The van der Waals surface area contributed by atoms with Crippen molar-refractivity contribution in [3.05, 3.63) is 12.0 Å². The van der Waals surface area contributed by atoms with Gasteiger partial charge in [0.15, 0.2) is 5.03 Å². The highest BCUT2D eigenvalue weighted by atomic mass is 32.2. The van der Waals surface area contributed by atoms with Gasteiger partial charge in [-0.3, -0.25) is 0 Å². The number of aryl methyl sites for hydroxylation is 1. The van der Waals surface area contributed by atoms with Gasteiger partial charge in [0.1, 0.15) is 11.4 Å². The summed E-state index contributed by atoms with van der Waals surface area (Å²) in [5.41, 5.74) is -0.979. The lowest BCUT2D eigenvalue weighted by atomic mass is 9.94. The Morgan fingerprint density at radius 3 is 2.55 bits per heavy atom. The first-order valence-electron chi connectivity index (χ1n) is 7.00. The van der Waals surface area contributed by atoms with Gasteiger partial charge in [0.25, 0.3) is 10.0 Å². The normalized spacial score (nSPS) is 19.2. The van der Waals surface area contributed by atoms with Crippen molar-refractivity contribution in [3.8, 4) is 6.07 Å². The molecule has 0 aliphatic heterocycles. The van der Waals surface area contributed by atoms with E-state index in [4.69, 9.17) is 0 Å². The first-order valence-corrected chi connectivity index (χ1v) is 8.49. The van der Waals surface area contributed by atoms with Gasteiger partial charge in [0, 0.05) is 6.42 Å². The minimum absolute atomic E-state index is 0.0354. The minimum atomic E-state index is -3.73. The molecule has 110 valence electrons. The molecule has 0 radical (unpaired) electrons. The number of nitriles is 1. The molecule has 0 atom stereocenters. The molecule has 1 aliphatic rings. The lowest BCUT2D eigenvalue weighted by molar-refractivity contribution is 0.421. The van der Waals surface area contributed by atoms with E-state index in [9.17, 15) is 13.7 Å². The zero-order valence-electron chi connectivity index (χ0n) is 11.6. The summed E-state index contributed by atoms with van der Waals surface area (Å²) in [5, 5.41) is 9.46. The smallest absolute Gasteiger partial charge is 0.258 e. The summed E-state index contributed by atoms with van der Waals surface area (Å²) in [6, 6.07) is 2.18. The van der Waals surface area contributed by atoms with Crippen molar-refractivity contribution < 1.29 is 8.42 Å². The average Bonchev–Trinajstić information content (AvgIpc) is 2.81. The molecule has 0 unspecified atom stereocenters. The first-order chi connectivity index (χ1) is 9.51. The predicted molar refractivity (Wildman–Crippen MR) is 74.3 cm³/mol. The Bertz CT molecular complexity index is 592. The Balaban J connectivity index is 2.23. The van der Waals surface area contributed by atoms with Crippen LogP contribution in [0.15, 0.2) is 11.2 Å². The van der Waals surface area contributed by atoms with Crippen molar-refractivity contribution in [1.29, 1.82) is 5.26 Å². The third kappa shape index (κ3) is 3.19. The van der Waals surface area contributed by atoms with Crippen molar-refractivity contribution in [2.24, 2.45) is 0 Å². The number of hydrogen-bond acceptors (Lipinski definition) is 4. The molecule has 1 aromatic heterocycles. The molecule has 7 heteroatoms. The molecule has 1 aromatic rings. The highest BCUT2D eigenvalue weighted by Crippen LogP contribution is 2.28. The van der Waals surface area contributed by atoms with Crippen LogP contribution in [0.2, 0.25) is 0 Å². The molecule has 1 saturated carbocycles. The van der Waals surface area contributed by atoms with Gasteiger partial charge in [-0.1, -0.05) is 32.6 Å². The lowest BCUT2D eigenvalue weighted by Gasteiger charge is -2.25. The van der Waals surface area contributed by atoms with Crippen LogP contribution in [0, 0.1) is 11.3 Å². The summed E-state index contributed by atoms with van der Waals surface area (Å²) in [4.78, 5) is 6.78. The number of sulfonamides is 1. The molecule has 2 rings (SSSR count). The second-order valence-electron chi connectivity index (χ2n) is 5.26. The van der Waals surface area contributed by atoms with Crippen LogP contribution < -0.4 is 4.72 Å². The van der Waals surface area contributed by atoms with Gasteiger partial charge in [-0.05, 0) is 12.8 Å². The quantitative estimate of drug-likeness (QED) is 0.828. The SMILES string of the molecule is CCc1ncc(S(=O)(=O)NC2(C#N)CCCCCC2)[nH]1. The van der Waals surface area contributed by atoms with Gasteiger partial charge in [0.2, 0.25) is 0 Å². The van der Waals surface area contributed by atoms with Crippen LogP contribution in [0.5, 0.6) is 0 Å². The zero-order chi connectivity index (χ0) is 14.6. The van der Waals surface area contributed by atoms with Crippen LogP contribution in [0.4, 0.5) is 0 Å². The number of hydrogen-bond donors (Lipinski definition) is 2. The molecular weight excluding hydrogens is 276 g/mol. The maximum Gasteiger partial charge on any atom is 0.258 e. The van der Waals surface area contributed by atoms with Crippen LogP contribution in [-0.4, -0.2) is 23.9 Å². The molecule has 1 heterocycles. The molecule has 1 fully saturated rings. The Labute approximate surface area is 119 Å². The molecule has 0 amide bonds. The standard InChI is InChI=1S/C13H20N4O2S/c1-2-11-15-9-12(16-11)20(18,19)17-13(10-14)7-5-3-4-6-8-13/h9,17H,2-8H2,1H3,(H,15,16). The van der Waals surface area contributed by atoms with Crippen molar-refractivity contribution in [2.45, 2.75) is 62.4 Å². The molecule has 1 aliphatic carbocycles. The second-order valence-corrected chi connectivity index (χ2v) is 6.91. The van der Waals surface area contributed by atoms with Gasteiger partial charge >= 0.3 is 0 Å². The third-order valence-electron chi connectivity index (χ3n) is 3.73. The van der Waals surface area contributed by atoms with Crippen LogP contribution in [0.25, 0.3) is 0 Å². The molecule has 0 bridgehead atoms. The van der Waals surface area contributed by atoms with Gasteiger partial charge < -0.3 is 4.98 Å². The van der Waals surface area contributed by atoms with E-state index in [0.29, 0.717) is 25.1 Å². The van der Waals surface area contributed by atoms with E-state index >= 15 is 0 Å². The molecule has 6 nitrogen and oxygen atoms in total. The first kappa shape index (κ1) is 15.0. The van der Waals surface area contributed by atoms with Crippen molar-refractivity contribution in [2.75, 3.05) is 0 Å². The predicted octanol–water partition coefficient (Wildman–Crippen LogP) is 1.87. The van der Waals surface area contributed by atoms with Crippen LogP contribution in [-0.2, 0) is 16.4 Å². The molecule has 20 heavy (non-hydrogen) atoms. The maximum absolute atomic E-state index is 12.4. The van der Waals surface area contributed by atoms with Crippen LogP contribution in [0.1, 0.15) is 51.3 Å². The highest BCUT2D eigenvalue weighted by molar-refractivity contribution is 7.89. The van der Waals surface area contributed by atoms with Gasteiger partial charge in [0.05, 0.1) is 12.3 Å². The number of nitrogens with one attached hydrogen (secondary N) is 2. The van der Waals surface area contributed by atoms with E-state index in [1.54, 1.807) is 0 Å². The molecule has 0 spiro atoms. The largest absolute Gasteiger partial charge is 0.332 e. The maximum atomic E-state index is 12.4. The summed E-state index contributed by atoms with van der Waals surface area (Å²) < 4.78 is 27.3. The summed E-state index contributed by atoms with van der Waals surface area (Å²) in [5.74, 6) is 0.622. The minimum Gasteiger partial charge on any atom is -0.332 e. The number of imidazole rings is 1. The van der Waals surface area contributed by atoms with E-state index < -0.39 is 15.6 Å². The van der Waals surface area contributed by atoms with Gasteiger partial charge in [-0.2, -0.15) is 9.98 Å². The van der Waals surface area contributed by atoms with Crippen LogP contribution in [0.3, 0.4) is 0 Å². The fourth-order valence-electron chi connectivity index (χ4n) is 2.54. The Kier molecular flexibility index (Phi) is 4.45. The van der Waals surface area contributed by atoms with Crippen molar-refractivity contribution >= 4 is 10.0 Å². The van der Waals surface area contributed by atoms with E-state index in [1.165, 1.54) is 6.20 Å². The number of aromatic nitrogens is 2. The second kappa shape index (κ2) is 5.94. The zero-order valence-corrected chi connectivity index (χ0v) is 12.5. The summed E-state index contributed by atoms with van der Waals surface area (Å²) in [7, 11) is -3.73. The monoisotopic (exact) mass is 296 g/mol. The average molecular weight is 296 g/mol. The van der Waals surface area contributed by atoms with Crippen molar-refractivity contribution in [1.82, 2.24) is 14.7 Å².